The molecule has 0 heterocycles. The van der Waals surface area contributed by atoms with Crippen molar-refractivity contribution in [2.24, 2.45) is 17.8 Å². The van der Waals surface area contributed by atoms with Crippen molar-refractivity contribution in [2.45, 2.75) is 44.9 Å². The smallest absolute Gasteiger partial charge is 0.319 e. The van der Waals surface area contributed by atoms with Crippen LogP contribution in [0.2, 0.25) is 0 Å². The summed E-state index contributed by atoms with van der Waals surface area (Å²) in [5.41, 5.74) is 1.33. The molecule has 0 saturated heterocycles. The minimum Gasteiger partial charge on any atom is -0.340 e. The first-order valence-electron chi connectivity index (χ1n) is 11.5. The maximum atomic E-state index is 12.5. The van der Waals surface area contributed by atoms with Crippen LogP contribution in [0.5, 0.6) is 0 Å². The third-order valence-electron chi connectivity index (χ3n) is 6.68. The van der Waals surface area contributed by atoms with Crippen molar-refractivity contribution in [1.82, 2.24) is 15.1 Å². The van der Waals surface area contributed by atoms with Crippen molar-refractivity contribution in [2.75, 3.05) is 46.1 Å². The average Bonchev–Trinajstić information content (AvgIpc) is 2.72. The second kappa shape index (κ2) is 10.8. The van der Waals surface area contributed by atoms with Gasteiger partial charge < -0.3 is 20.4 Å². The molecule has 30 heavy (non-hydrogen) atoms. The molecule has 0 spiro atoms. The zero-order valence-electron chi connectivity index (χ0n) is 18.8. The molecular formula is C24H38N4O2. The van der Waals surface area contributed by atoms with Gasteiger partial charge in [0.05, 0.1) is 0 Å². The van der Waals surface area contributed by atoms with Crippen molar-refractivity contribution in [3.8, 4) is 0 Å². The van der Waals surface area contributed by atoms with E-state index in [0.29, 0.717) is 17.8 Å². The number of nitrogens with zero attached hydrogens (tertiary/aromatic N) is 2. The summed E-state index contributed by atoms with van der Waals surface area (Å²) < 4.78 is 0. The molecule has 2 atom stereocenters. The standard InChI is InChI=1S/C24H38N4O2/c1-27(2)13-14-28(3)23(29)21-7-9-22(10-8-21)26-24(30)25-12-11-20-16-18-5-4-6-19(15-18)17-20/h7-10,18-20H,4-6,11-17H2,1-3H3,(H2,25,26,30). The number of rotatable bonds is 8. The summed E-state index contributed by atoms with van der Waals surface area (Å²) >= 11 is 0. The van der Waals surface area contributed by atoms with E-state index in [2.05, 4.69) is 15.5 Å². The molecule has 6 heteroatoms. The fourth-order valence-electron chi connectivity index (χ4n) is 5.04. The van der Waals surface area contributed by atoms with Gasteiger partial charge in [0.15, 0.2) is 0 Å². The Morgan fingerprint density at radius 1 is 0.967 bits per heavy atom. The van der Waals surface area contributed by atoms with E-state index in [0.717, 1.165) is 37.3 Å². The largest absolute Gasteiger partial charge is 0.340 e. The molecule has 2 unspecified atom stereocenters. The van der Waals surface area contributed by atoms with E-state index in [1.54, 1.807) is 29.2 Å². The van der Waals surface area contributed by atoms with E-state index >= 15 is 0 Å². The highest BCUT2D eigenvalue weighted by Gasteiger charge is 2.31. The molecule has 2 aliphatic carbocycles. The lowest BCUT2D eigenvalue weighted by atomic mass is 9.67. The first-order chi connectivity index (χ1) is 14.4. The molecule has 2 N–H and O–H groups in total. The van der Waals surface area contributed by atoms with Crippen LogP contribution in [0.15, 0.2) is 24.3 Å². The molecule has 2 aliphatic rings. The summed E-state index contributed by atoms with van der Waals surface area (Å²) in [6, 6.07) is 6.94. The van der Waals surface area contributed by atoms with Crippen LogP contribution in [0.4, 0.5) is 10.5 Å². The zero-order chi connectivity index (χ0) is 21.5. The fourth-order valence-corrected chi connectivity index (χ4v) is 5.04. The summed E-state index contributed by atoms with van der Waals surface area (Å²) in [4.78, 5) is 28.5. The lowest BCUT2D eigenvalue weighted by Crippen LogP contribution is -2.33. The van der Waals surface area contributed by atoms with Crippen LogP contribution in [0.1, 0.15) is 55.3 Å². The van der Waals surface area contributed by atoms with Gasteiger partial charge >= 0.3 is 6.03 Å². The molecule has 6 nitrogen and oxygen atoms in total. The molecular weight excluding hydrogens is 376 g/mol. The van der Waals surface area contributed by atoms with Crippen LogP contribution in [0, 0.1) is 17.8 Å². The Balaban J connectivity index is 1.38. The summed E-state index contributed by atoms with van der Waals surface area (Å²) in [7, 11) is 5.79. The lowest BCUT2D eigenvalue weighted by Gasteiger charge is -2.39. The fraction of sp³-hybridized carbons (Fsp3) is 0.667. The van der Waals surface area contributed by atoms with E-state index in [-0.39, 0.29) is 11.9 Å². The lowest BCUT2D eigenvalue weighted by molar-refractivity contribution is 0.0786. The van der Waals surface area contributed by atoms with Gasteiger partial charge in [0.2, 0.25) is 0 Å². The van der Waals surface area contributed by atoms with Crippen LogP contribution >= 0.6 is 0 Å². The first kappa shape index (κ1) is 22.6. The van der Waals surface area contributed by atoms with E-state index in [1.165, 1.54) is 38.5 Å². The number of carbonyl (C=O) groups excluding carboxylic acids is 2. The Morgan fingerprint density at radius 2 is 1.63 bits per heavy atom. The second-order valence-electron chi connectivity index (χ2n) is 9.51. The van der Waals surface area contributed by atoms with Crippen LogP contribution in [0.25, 0.3) is 0 Å². The Labute approximate surface area is 181 Å². The monoisotopic (exact) mass is 414 g/mol. The number of carbonyl (C=O) groups is 2. The molecule has 0 radical (unpaired) electrons. The van der Waals surface area contributed by atoms with Crippen LogP contribution < -0.4 is 10.6 Å². The predicted molar refractivity (Wildman–Crippen MR) is 122 cm³/mol. The average molecular weight is 415 g/mol. The van der Waals surface area contributed by atoms with E-state index in [1.807, 2.05) is 21.1 Å². The van der Waals surface area contributed by atoms with Crippen molar-refractivity contribution in [3.05, 3.63) is 29.8 Å². The van der Waals surface area contributed by atoms with Gasteiger partial charge in [-0.1, -0.05) is 19.3 Å². The predicted octanol–water partition coefficient (Wildman–Crippen LogP) is 4.05. The number of likely N-dealkylation sites (N-methyl/N-ethyl adjacent to an activating group) is 2. The van der Waals surface area contributed by atoms with Crippen molar-refractivity contribution in [3.63, 3.8) is 0 Å². The Kier molecular flexibility index (Phi) is 8.14. The normalized spacial score (nSPS) is 23.1. The number of urea groups is 1. The molecule has 166 valence electrons. The minimum absolute atomic E-state index is 0.00917. The number of benzene rings is 1. The molecule has 2 fully saturated rings. The minimum atomic E-state index is -0.173. The van der Waals surface area contributed by atoms with Gasteiger partial charge in [0, 0.05) is 37.9 Å². The molecule has 1 aromatic rings. The maximum Gasteiger partial charge on any atom is 0.319 e. The zero-order valence-corrected chi connectivity index (χ0v) is 18.8. The Morgan fingerprint density at radius 3 is 2.27 bits per heavy atom. The van der Waals surface area contributed by atoms with Gasteiger partial charge in [-0.15, -0.1) is 0 Å². The van der Waals surface area contributed by atoms with Crippen molar-refractivity contribution in [1.29, 1.82) is 0 Å². The number of hydrogen-bond donors (Lipinski definition) is 2. The molecule has 3 amide bonds. The Hall–Kier alpha value is -2.08. The van der Waals surface area contributed by atoms with Gasteiger partial charge in [0.25, 0.3) is 5.91 Å². The number of nitrogens with one attached hydrogen (secondary N) is 2. The molecule has 1 aromatic carbocycles. The number of hydrogen-bond acceptors (Lipinski definition) is 3. The number of fused-ring (bicyclic) bond motifs is 2. The third-order valence-corrected chi connectivity index (χ3v) is 6.68. The SMILES string of the molecule is CN(C)CCN(C)C(=O)c1ccc(NC(=O)NCCC2CC3CCCC(C3)C2)cc1. The summed E-state index contributed by atoms with van der Waals surface area (Å²) in [6.45, 7) is 2.23. The highest BCUT2D eigenvalue weighted by Crippen LogP contribution is 2.43. The van der Waals surface area contributed by atoms with Gasteiger partial charge in [0.1, 0.15) is 0 Å². The second-order valence-corrected chi connectivity index (χ2v) is 9.51. The van der Waals surface area contributed by atoms with E-state index in [4.69, 9.17) is 0 Å². The molecule has 2 saturated carbocycles. The van der Waals surface area contributed by atoms with Crippen LogP contribution in [0.3, 0.4) is 0 Å². The van der Waals surface area contributed by atoms with Crippen molar-refractivity contribution >= 4 is 17.6 Å². The van der Waals surface area contributed by atoms with Crippen molar-refractivity contribution < 1.29 is 9.59 Å². The quantitative estimate of drug-likeness (QED) is 0.674. The van der Waals surface area contributed by atoms with Gasteiger partial charge in [-0.3, -0.25) is 4.79 Å². The Bertz CT molecular complexity index is 692. The van der Waals surface area contributed by atoms with Gasteiger partial charge in [-0.2, -0.15) is 0 Å². The molecule has 0 aromatic heterocycles. The maximum absolute atomic E-state index is 12.5. The highest BCUT2D eigenvalue weighted by molar-refractivity contribution is 5.95. The van der Waals surface area contributed by atoms with Crippen LogP contribution in [-0.4, -0.2) is 62.5 Å². The van der Waals surface area contributed by atoms with E-state index in [9.17, 15) is 9.59 Å². The summed E-state index contributed by atoms with van der Waals surface area (Å²) in [5.74, 6) is 2.62. The van der Waals surface area contributed by atoms with Gasteiger partial charge in [-0.25, -0.2) is 4.79 Å². The number of amides is 3. The van der Waals surface area contributed by atoms with E-state index < -0.39 is 0 Å². The molecule has 0 aliphatic heterocycles. The highest BCUT2D eigenvalue weighted by atomic mass is 16.2. The first-order valence-corrected chi connectivity index (χ1v) is 11.5. The molecule has 2 bridgehead atoms. The third kappa shape index (κ3) is 6.73. The van der Waals surface area contributed by atoms with Gasteiger partial charge in [-0.05, 0) is 81.8 Å². The molecule has 3 rings (SSSR count). The summed E-state index contributed by atoms with van der Waals surface area (Å²) in [6.07, 6.45) is 9.44. The van der Waals surface area contributed by atoms with Crippen LogP contribution in [-0.2, 0) is 0 Å². The topological polar surface area (TPSA) is 64.7 Å². The summed E-state index contributed by atoms with van der Waals surface area (Å²) in [5, 5.41) is 5.87. The number of anilines is 1.